The summed E-state index contributed by atoms with van der Waals surface area (Å²) < 4.78 is 0. The summed E-state index contributed by atoms with van der Waals surface area (Å²) in [6.45, 7) is 1.38. The number of rotatable bonds is 2. The highest BCUT2D eigenvalue weighted by atomic mass is 16.4. The molecule has 0 bridgehead atoms. The number of anilines is 2. The van der Waals surface area contributed by atoms with Crippen LogP contribution in [0, 0.1) is 0 Å². The number of piperidine rings is 1. The highest BCUT2D eigenvalue weighted by Crippen LogP contribution is 2.24. The van der Waals surface area contributed by atoms with E-state index in [1.807, 2.05) is 4.90 Å². The highest BCUT2D eigenvalue weighted by molar-refractivity contribution is 5.94. The van der Waals surface area contributed by atoms with Crippen LogP contribution < -0.4 is 10.6 Å². The minimum atomic E-state index is -1.03. The molecule has 1 unspecified atom stereocenters. The molecule has 1 saturated heterocycles. The first-order chi connectivity index (χ1) is 8.08. The van der Waals surface area contributed by atoms with Gasteiger partial charge in [-0.3, -0.25) is 0 Å². The number of aliphatic hydroxyl groups is 1. The van der Waals surface area contributed by atoms with E-state index in [9.17, 15) is 9.90 Å². The first-order valence-electron chi connectivity index (χ1n) is 5.64. The number of nitrogens with zero attached hydrogens (tertiary/aromatic N) is 1. The Morgan fingerprint density at radius 2 is 2.24 bits per heavy atom. The summed E-state index contributed by atoms with van der Waals surface area (Å²) in [6, 6.07) is 4.95. The molecule has 17 heavy (non-hydrogen) atoms. The SMILES string of the molecule is Nc1ccc(N2CCCC(O)C2)cc1C(=O)O. The van der Waals surface area contributed by atoms with Crippen molar-refractivity contribution >= 4 is 17.3 Å². The number of aliphatic hydroxyl groups excluding tert-OH is 1. The molecule has 0 amide bonds. The zero-order chi connectivity index (χ0) is 12.4. The average Bonchev–Trinajstić information content (AvgIpc) is 2.29. The molecule has 1 aliphatic heterocycles. The van der Waals surface area contributed by atoms with E-state index in [2.05, 4.69) is 0 Å². The zero-order valence-electron chi connectivity index (χ0n) is 9.47. The van der Waals surface area contributed by atoms with Crippen LogP contribution in [-0.2, 0) is 0 Å². The normalized spacial score (nSPS) is 20.3. The molecular weight excluding hydrogens is 220 g/mol. The van der Waals surface area contributed by atoms with Gasteiger partial charge >= 0.3 is 5.97 Å². The Bertz CT molecular complexity index is 434. The van der Waals surface area contributed by atoms with Gasteiger partial charge in [0.05, 0.1) is 11.7 Å². The quantitative estimate of drug-likeness (QED) is 0.665. The molecule has 0 aromatic heterocycles. The second-order valence-corrected chi connectivity index (χ2v) is 4.32. The van der Waals surface area contributed by atoms with Crippen LogP contribution in [0.5, 0.6) is 0 Å². The van der Waals surface area contributed by atoms with Crippen LogP contribution >= 0.6 is 0 Å². The smallest absolute Gasteiger partial charge is 0.337 e. The number of nitrogens with two attached hydrogens (primary N) is 1. The maximum atomic E-state index is 11.0. The molecule has 2 rings (SSSR count). The third-order valence-electron chi connectivity index (χ3n) is 3.03. The van der Waals surface area contributed by atoms with Gasteiger partial charge in [-0.25, -0.2) is 4.79 Å². The van der Waals surface area contributed by atoms with E-state index in [4.69, 9.17) is 10.8 Å². The van der Waals surface area contributed by atoms with Gasteiger partial charge in [0.25, 0.3) is 0 Å². The molecule has 0 aliphatic carbocycles. The summed E-state index contributed by atoms with van der Waals surface area (Å²) >= 11 is 0. The third-order valence-corrected chi connectivity index (χ3v) is 3.03. The van der Waals surface area contributed by atoms with Crippen molar-refractivity contribution in [3.63, 3.8) is 0 Å². The van der Waals surface area contributed by atoms with Crippen molar-refractivity contribution in [3.05, 3.63) is 23.8 Å². The Morgan fingerprint density at radius 1 is 1.47 bits per heavy atom. The van der Waals surface area contributed by atoms with E-state index in [-0.39, 0.29) is 17.4 Å². The van der Waals surface area contributed by atoms with E-state index in [0.29, 0.717) is 6.54 Å². The average molecular weight is 236 g/mol. The lowest BCUT2D eigenvalue weighted by Gasteiger charge is -2.32. The summed E-state index contributed by atoms with van der Waals surface area (Å²) in [5.74, 6) is -1.03. The standard InChI is InChI=1S/C12H16N2O3/c13-11-4-3-8(6-10(11)12(16)17)14-5-1-2-9(15)7-14/h3-4,6,9,15H,1-2,5,7,13H2,(H,16,17). The molecule has 1 aliphatic rings. The Labute approximate surface area is 99.5 Å². The van der Waals surface area contributed by atoms with Gasteiger partial charge < -0.3 is 20.8 Å². The maximum absolute atomic E-state index is 11.0. The van der Waals surface area contributed by atoms with E-state index < -0.39 is 5.97 Å². The van der Waals surface area contributed by atoms with Crippen LogP contribution in [0.2, 0.25) is 0 Å². The lowest BCUT2D eigenvalue weighted by Crippen LogP contribution is -2.38. The van der Waals surface area contributed by atoms with E-state index >= 15 is 0 Å². The van der Waals surface area contributed by atoms with Gasteiger partial charge in [-0.05, 0) is 31.0 Å². The molecule has 0 radical (unpaired) electrons. The fourth-order valence-corrected chi connectivity index (χ4v) is 2.12. The molecule has 0 spiro atoms. The zero-order valence-corrected chi connectivity index (χ0v) is 9.47. The van der Waals surface area contributed by atoms with Crippen LogP contribution in [0.4, 0.5) is 11.4 Å². The fraction of sp³-hybridized carbons (Fsp3) is 0.417. The molecule has 5 heteroatoms. The molecule has 1 fully saturated rings. The topological polar surface area (TPSA) is 86.8 Å². The molecular formula is C12H16N2O3. The molecule has 92 valence electrons. The first kappa shape index (κ1) is 11.7. The van der Waals surface area contributed by atoms with Crippen molar-refractivity contribution < 1.29 is 15.0 Å². The van der Waals surface area contributed by atoms with Gasteiger partial charge in [-0.1, -0.05) is 0 Å². The van der Waals surface area contributed by atoms with Gasteiger partial charge in [0.1, 0.15) is 0 Å². The van der Waals surface area contributed by atoms with Gasteiger partial charge in [0, 0.05) is 24.5 Å². The lowest BCUT2D eigenvalue weighted by atomic mass is 10.1. The van der Waals surface area contributed by atoms with Gasteiger partial charge in [-0.2, -0.15) is 0 Å². The van der Waals surface area contributed by atoms with Gasteiger partial charge in [0.2, 0.25) is 0 Å². The number of carbonyl (C=O) groups is 1. The molecule has 0 saturated carbocycles. The molecule has 1 heterocycles. The molecule has 1 aromatic rings. The summed E-state index contributed by atoms with van der Waals surface area (Å²) in [6.07, 6.45) is 1.38. The molecule has 5 nitrogen and oxygen atoms in total. The number of hydrogen-bond donors (Lipinski definition) is 3. The van der Waals surface area contributed by atoms with Crippen LogP contribution in [0.25, 0.3) is 0 Å². The van der Waals surface area contributed by atoms with Crippen LogP contribution in [0.1, 0.15) is 23.2 Å². The Balaban J connectivity index is 2.26. The van der Waals surface area contributed by atoms with Gasteiger partial charge in [0.15, 0.2) is 0 Å². The largest absolute Gasteiger partial charge is 0.478 e. The first-order valence-corrected chi connectivity index (χ1v) is 5.64. The van der Waals surface area contributed by atoms with Crippen LogP contribution in [-0.4, -0.2) is 35.4 Å². The summed E-state index contributed by atoms with van der Waals surface area (Å²) in [4.78, 5) is 13.0. The number of carboxylic acid groups (broad SMARTS) is 1. The minimum absolute atomic E-state index is 0.113. The van der Waals surface area contributed by atoms with Crippen LogP contribution in [0.15, 0.2) is 18.2 Å². The number of aromatic carboxylic acids is 1. The maximum Gasteiger partial charge on any atom is 0.337 e. The molecule has 1 aromatic carbocycles. The number of nitrogen functional groups attached to an aromatic ring is 1. The van der Waals surface area contributed by atoms with Crippen LogP contribution in [0.3, 0.4) is 0 Å². The number of benzene rings is 1. The fourth-order valence-electron chi connectivity index (χ4n) is 2.12. The van der Waals surface area contributed by atoms with Crippen molar-refractivity contribution in [2.75, 3.05) is 23.7 Å². The van der Waals surface area contributed by atoms with Crippen molar-refractivity contribution in [2.45, 2.75) is 18.9 Å². The Kier molecular flexibility index (Phi) is 3.19. The van der Waals surface area contributed by atoms with Crippen molar-refractivity contribution in [1.29, 1.82) is 0 Å². The second kappa shape index (κ2) is 4.63. The van der Waals surface area contributed by atoms with Crippen molar-refractivity contribution in [2.24, 2.45) is 0 Å². The third kappa shape index (κ3) is 2.50. The van der Waals surface area contributed by atoms with Crippen molar-refractivity contribution in [1.82, 2.24) is 0 Å². The number of hydrogen-bond acceptors (Lipinski definition) is 4. The summed E-state index contributed by atoms with van der Waals surface area (Å²) in [5.41, 5.74) is 6.78. The summed E-state index contributed by atoms with van der Waals surface area (Å²) in [5, 5.41) is 18.6. The van der Waals surface area contributed by atoms with Crippen molar-refractivity contribution in [3.8, 4) is 0 Å². The Hall–Kier alpha value is -1.75. The highest BCUT2D eigenvalue weighted by Gasteiger charge is 2.19. The molecule has 4 N–H and O–H groups in total. The second-order valence-electron chi connectivity index (χ2n) is 4.32. The van der Waals surface area contributed by atoms with E-state index in [1.54, 1.807) is 18.2 Å². The predicted molar refractivity (Wildman–Crippen MR) is 65.3 cm³/mol. The Morgan fingerprint density at radius 3 is 2.88 bits per heavy atom. The monoisotopic (exact) mass is 236 g/mol. The predicted octanol–water partition coefficient (Wildman–Crippen LogP) is 0.928. The van der Waals surface area contributed by atoms with E-state index in [0.717, 1.165) is 25.1 Å². The van der Waals surface area contributed by atoms with Gasteiger partial charge in [-0.15, -0.1) is 0 Å². The number of carboxylic acids is 1. The summed E-state index contributed by atoms with van der Waals surface area (Å²) in [7, 11) is 0. The molecule has 1 atom stereocenters. The lowest BCUT2D eigenvalue weighted by molar-refractivity contribution is 0.0698. The number of β-amino-alcohol motifs (C(OH)–C–C–N with tert-alkyl or cyclic N) is 1. The minimum Gasteiger partial charge on any atom is -0.478 e. The van der Waals surface area contributed by atoms with E-state index in [1.165, 1.54) is 0 Å².